The number of morpholine rings is 1. The van der Waals surface area contributed by atoms with Crippen LogP contribution in [0, 0.1) is 0 Å². The largest absolute Gasteiger partial charge is 0.373 e. The Morgan fingerprint density at radius 2 is 1.75 bits per heavy atom. The van der Waals surface area contributed by atoms with Gasteiger partial charge >= 0.3 is 0 Å². The lowest BCUT2D eigenvalue weighted by Crippen LogP contribution is -2.50. The summed E-state index contributed by atoms with van der Waals surface area (Å²) in [4.78, 5) is 4.15. The molecule has 2 unspecified atom stereocenters. The highest BCUT2D eigenvalue weighted by atomic mass is 127. The van der Waals surface area contributed by atoms with Gasteiger partial charge in [0.25, 0.3) is 0 Å². The maximum Gasteiger partial charge on any atom is 0.216 e. The lowest BCUT2D eigenvalue weighted by atomic mass is 10.1. The van der Waals surface area contributed by atoms with Gasteiger partial charge in [-0.25, -0.2) is 8.42 Å². The molecule has 160 valence electrons. The fourth-order valence-electron chi connectivity index (χ4n) is 3.15. The predicted molar refractivity (Wildman–Crippen MR) is 125 cm³/mol. The highest BCUT2D eigenvalue weighted by Crippen LogP contribution is 2.14. The molecule has 1 aromatic carbocycles. The van der Waals surface area contributed by atoms with Crippen molar-refractivity contribution in [3.05, 3.63) is 35.9 Å². The minimum Gasteiger partial charge on any atom is -0.373 e. The van der Waals surface area contributed by atoms with Crippen LogP contribution in [0.1, 0.15) is 25.8 Å². The standard InChI is InChI=1S/C19H32N4O3S.HI/c1-16-14-23(15-17(2)26-16)27(24,25)13-12-22-19(20-3)21-11-7-10-18-8-5-4-6-9-18;/h4-6,8-9,16-17H,7,10-15H2,1-3H3,(H2,20,21,22);1H. The first-order valence-electron chi connectivity index (χ1n) is 9.52. The minimum absolute atomic E-state index is 0. The number of guanidine groups is 1. The molecule has 1 aliphatic heterocycles. The topological polar surface area (TPSA) is 83.0 Å². The van der Waals surface area contributed by atoms with Gasteiger partial charge < -0.3 is 15.4 Å². The number of rotatable bonds is 8. The highest BCUT2D eigenvalue weighted by molar-refractivity contribution is 14.0. The molecule has 1 aliphatic rings. The number of benzene rings is 1. The first-order valence-corrected chi connectivity index (χ1v) is 11.1. The Morgan fingerprint density at radius 3 is 2.36 bits per heavy atom. The van der Waals surface area contributed by atoms with Gasteiger partial charge in [-0.1, -0.05) is 30.3 Å². The summed E-state index contributed by atoms with van der Waals surface area (Å²) >= 11 is 0. The van der Waals surface area contributed by atoms with Crippen LogP contribution in [0.25, 0.3) is 0 Å². The van der Waals surface area contributed by atoms with Crippen LogP contribution in [0.15, 0.2) is 35.3 Å². The van der Waals surface area contributed by atoms with Crippen molar-refractivity contribution in [2.24, 2.45) is 4.99 Å². The van der Waals surface area contributed by atoms with E-state index in [0.29, 0.717) is 25.6 Å². The summed E-state index contributed by atoms with van der Waals surface area (Å²) < 4.78 is 32.2. The molecule has 28 heavy (non-hydrogen) atoms. The van der Waals surface area contributed by atoms with E-state index in [4.69, 9.17) is 4.74 Å². The number of ether oxygens (including phenoxy) is 1. The summed E-state index contributed by atoms with van der Waals surface area (Å²) in [5.74, 6) is 0.666. The fourth-order valence-corrected chi connectivity index (χ4v) is 4.64. The summed E-state index contributed by atoms with van der Waals surface area (Å²) in [6.07, 6.45) is 1.82. The second-order valence-corrected chi connectivity index (χ2v) is 8.99. The Morgan fingerprint density at radius 1 is 1.14 bits per heavy atom. The normalized spacial score (nSPS) is 21.0. The van der Waals surface area contributed by atoms with Crippen LogP contribution in [0.5, 0.6) is 0 Å². The Bertz CT molecular complexity index is 690. The van der Waals surface area contributed by atoms with Crippen LogP contribution in [-0.4, -0.2) is 69.9 Å². The molecular weight excluding hydrogens is 491 g/mol. The SMILES string of the molecule is CN=C(NCCCc1ccccc1)NCCS(=O)(=O)N1CC(C)OC(C)C1.I. The quantitative estimate of drug-likeness (QED) is 0.235. The molecule has 0 bridgehead atoms. The van der Waals surface area contributed by atoms with Crippen LogP contribution in [0.3, 0.4) is 0 Å². The molecule has 1 saturated heterocycles. The molecule has 7 nitrogen and oxygen atoms in total. The average Bonchev–Trinajstić information content (AvgIpc) is 2.63. The molecule has 0 aliphatic carbocycles. The summed E-state index contributed by atoms with van der Waals surface area (Å²) in [5.41, 5.74) is 1.31. The van der Waals surface area contributed by atoms with Gasteiger partial charge in [-0.3, -0.25) is 4.99 Å². The van der Waals surface area contributed by atoms with Crippen LogP contribution >= 0.6 is 24.0 Å². The smallest absolute Gasteiger partial charge is 0.216 e. The summed E-state index contributed by atoms with van der Waals surface area (Å²) in [5, 5.41) is 6.32. The Labute approximate surface area is 186 Å². The number of sulfonamides is 1. The molecule has 9 heteroatoms. The van der Waals surface area contributed by atoms with Crippen molar-refractivity contribution in [2.45, 2.75) is 38.9 Å². The van der Waals surface area contributed by atoms with E-state index >= 15 is 0 Å². The molecule has 2 N–H and O–H groups in total. The van der Waals surface area contributed by atoms with Gasteiger partial charge in [-0.15, -0.1) is 24.0 Å². The van der Waals surface area contributed by atoms with Gasteiger partial charge in [-0.2, -0.15) is 4.31 Å². The van der Waals surface area contributed by atoms with Gasteiger partial charge in [0, 0.05) is 33.2 Å². The van der Waals surface area contributed by atoms with Crippen molar-refractivity contribution in [1.29, 1.82) is 0 Å². The van der Waals surface area contributed by atoms with Gasteiger partial charge in [-0.05, 0) is 32.3 Å². The van der Waals surface area contributed by atoms with E-state index in [0.717, 1.165) is 19.4 Å². The zero-order valence-electron chi connectivity index (χ0n) is 16.9. The van der Waals surface area contributed by atoms with Crippen LogP contribution in [0.4, 0.5) is 0 Å². The third kappa shape index (κ3) is 8.62. The Balaban J connectivity index is 0.00000392. The molecule has 1 aromatic rings. The van der Waals surface area contributed by atoms with Gasteiger partial charge in [0.05, 0.1) is 18.0 Å². The van der Waals surface area contributed by atoms with Crippen molar-refractivity contribution in [3.63, 3.8) is 0 Å². The maximum absolute atomic E-state index is 12.5. The molecule has 1 heterocycles. The lowest BCUT2D eigenvalue weighted by Gasteiger charge is -2.34. The Hall–Kier alpha value is -0.910. The maximum atomic E-state index is 12.5. The highest BCUT2D eigenvalue weighted by Gasteiger charge is 2.30. The fraction of sp³-hybridized carbons (Fsp3) is 0.632. The predicted octanol–water partition coefficient (Wildman–Crippen LogP) is 1.84. The molecule has 0 spiro atoms. The lowest BCUT2D eigenvalue weighted by molar-refractivity contribution is -0.0440. The van der Waals surface area contributed by atoms with Crippen molar-refractivity contribution < 1.29 is 13.2 Å². The second-order valence-electron chi connectivity index (χ2n) is 6.91. The first-order chi connectivity index (χ1) is 12.9. The molecule has 2 rings (SSSR count). The number of aliphatic imine (C=N–C) groups is 1. The number of aryl methyl sites for hydroxylation is 1. The number of nitrogens with one attached hydrogen (secondary N) is 2. The molecule has 1 fully saturated rings. The summed E-state index contributed by atoms with van der Waals surface area (Å²) in [6, 6.07) is 10.3. The van der Waals surface area contributed by atoms with E-state index in [2.05, 4.69) is 27.8 Å². The molecule has 0 saturated carbocycles. The van der Waals surface area contributed by atoms with Gasteiger partial charge in [0.2, 0.25) is 10.0 Å². The average molecular weight is 524 g/mol. The first kappa shape index (κ1) is 25.1. The zero-order valence-corrected chi connectivity index (χ0v) is 20.1. The monoisotopic (exact) mass is 524 g/mol. The van der Waals surface area contributed by atoms with E-state index in [-0.39, 0.29) is 41.9 Å². The zero-order chi connectivity index (χ0) is 19.7. The van der Waals surface area contributed by atoms with E-state index in [1.165, 1.54) is 9.87 Å². The van der Waals surface area contributed by atoms with E-state index < -0.39 is 10.0 Å². The Kier molecular flexibility index (Phi) is 11.3. The van der Waals surface area contributed by atoms with Crippen molar-refractivity contribution in [3.8, 4) is 0 Å². The summed E-state index contributed by atoms with van der Waals surface area (Å²) in [7, 11) is -1.62. The second kappa shape index (κ2) is 12.6. The number of hydrogen-bond acceptors (Lipinski definition) is 4. The third-order valence-corrected chi connectivity index (χ3v) is 6.24. The summed E-state index contributed by atoms with van der Waals surface area (Å²) in [6.45, 7) is 5.73. The van der Waals surface area contributed by atoms with Crippen molar-refractivity contribution >= 4 is 40.0 Å². The van der Waals surface area contributed by atoms with E-state index in [1.54, 1.807) is 7.05 Å². The van der Waals surface area contributed by atoms with Crippen molar-refractivity contribution in [1.82, 2.24) is 14.9 Å². The number of nitrogens with zero attached hydrogens (tertiary/aromatic N) is 2. The molecule has 0 amide bonds. The van der Waals surface area contributed by atoms with Crippen molar-refractivity contribution in [2.75, 3.05) is 39.0 Å². The van der Waals surface area contributed by atoms with Crippen LogP contribution < -0.4 is 10.6 Å². The number of hydrogen-bond donors (Lipinski definition) is 2. The van der Waals surface area contributed by atoms with Crippen LogP contribution in [0.2, 0.25) is 0 Å². The minimum atomic E-state index is -3.31. The van der Waals surface area contributed by atoms with E-state index in [9.17, 15) is 8.42 Å². The molecular formula is C19H33IN4O3S. The molecule has 0 radical (unpaired) electrons. The van der Waals surface area contributed by atoms with E-state index in [1.807, 2.05) is 32.0 Å². The molecule has 0 aromatic heterocycles. The van der Waals surface area contributed by atoms with Gasteiger partial charge in [0.1, 0.15) is 0 Å². The van der Waals surface area contributed by atoms with Gasteiger partial charge in [0.15, 0.2) is 5.96 Å². The number of halogens is 1. The third-order valence-electron chi connectivity index (χ3n) is 4.43. The molecule has 2 atom stereocenters. The van der Waals surface area contributed by atoms with Crippen LogP contribution in [-0.2, 0) is 21.2 Å².